The van der Waals surface area contributed by atoms with Gasteiger partial charge in [0.05, 0.1) is 18.8 Å². The molecule has 184 valence electrons. The molecular formula is C27H20Cl2O7. The van der Waals surface area contributed by atoms with Gasteiger partial charge in [-0.05, 0) is 49.4 Å². The fourth-order valence-corrected chi connectivity index (χ4v) is 5.01. The Labute approximate surface area is 217 Å². The average Bonchev–Trinajstić information content (AvgIpc) is 3.19. The van der Waals surface area contributed by atoms with Crippen LogP contribution in [0.1, 0.15) is 38.2 Å². The maximum absolute atomic E-state index is 13.1. The molecule has 3 heterocycles. The zero-order valence-corrected chi connectivity index (χ0v) is 20.7. The molecule has 3 aliphatic rings. The Bertz CT molecular complexity index is 1430. The van der Waals surface area contributed by atoms with Crippen molar-refractivity contribution in [2.24, 2.45) is 0 Å². The molecule has 0 N–H and O–H groups in total. The van der Waals surface area contributed by atoms with Gasteiger partial charge >= 0.3 is 0 Å². The molecule has 6 rings (SSSR count). The standard InChI is InChI=1S/C27H20Cl2O7/c1-14-22(33-11-18-7-20(29)6-17-10-32-13-35-27(17)18)3-2-21-24(30)23(36-25(14)21)8-15-4-19(28)5-16-9-31-12-34-26(15)16/h2-8H,9-13H2,1H3/b23-8-. The normalized spacial score (nSPS) is 17.0. The van der Waals surface area contributed by atoms with Crippen LogP contribution in [-0.2, 0) is 29.3 Å². The molecule has 3 aromatic carbocycles. The highest BCUT2D eigenvalue weighted by Crippen LogP contribution is 2.41. The molecule has 0 radical (unpaired) electrons. The van der Waals surface area contributed by atoms with Crippen LogP contribution in [0, 0.1) is 6.92 Å². The van der Waals surface area contributed by atoms with Crippen LogP contribution in [0.15, 0.2) is 42.2 Å². The Morgan fingerprint density at radius 2 is 1.61 bits per heavy atom. The molecule has 0 fully saturated rings. The highest BCUT2D eigenvalue weighted by atomic mass is 35.5. The van der Waals surface area contributed by atoms with Gasteiger partial charge in [-0.3, -0.25) is 4.79 Å². The Balaban J connectivity index is 1.27. The van der Waals surface area contributed by atoms with Crippen molar-refractivity contribution < 1.29 is 33.2 Å². The predicted molar refractivity (Wildman–Crippen MR) is 132 cm³/mol. The van der Waals surface area contributed by atoms with Gasteiger partial charge in [0, 0.05) is 37.9 Å². The molecule has 3 aromatic rings. The van der Waals surface area contributed by atoms with Crippen LogP contribution >= 0.6 is 23.2 Å². The van der Waals surface area contributed by atoms with Crippen molar-refractivity contribution >= 4 is 35.1 Å². The van der Waals surface area contributed by atoms with E-state index in [1.54, 1.807) is 30.3 Å². The highest BCUT2D eigenvalue weighted by molar-refractivity contribution is 6.31. The Morgan fingerprint density at radius 1 is 0.917 bits per heavy atom. The van der Waals surface area contributed by atoms with Crippen LogP contribution in [0.5, 0.6) is 23.0 Å². The summed E-state index contributed by atoms with van der Waals surface area (Å²) < 4.78 is 34.1. The molecule has 0 aliphatic carbocycles. The number of benzene rings is 3. The summed E-state index contributed by atoms with van der Waals surface area (Å²) in [5.41, 5.74) is 4.33. The lowest BCUT2D eigenvalue weighted by Gasteiger charge is -2.21. The lowest BCUT2D eigenvalue weighted by molar-refractivity contribution is -0.0176. The minimum absolute atomic E-state index is 0.132. The Morgan fingerprint density at radius 3 is 2.39 bits per heavy atom. The van der Waals surface area contributed by atoms with Gasteiger partial charge in [-0.1, -0.05) is 23.2 Å². The first-order valence-electron chi connectivity index (χ1n) is 11.2. The summed E-state index contributed by atoms with van der Waals surface area (Å²) in [6.45, 7) is 3.21. The van der Waals surface area contributed by atoms with E-state index in [0.717, 1.165) is 22.4 Å². The van der Waals surface area contributed by atoms with Crippen LogP contribution < -0.4 is 18.9 Å². The molecule has 0 spiro atoms. The molecule has 0 aromatic heterocycles. The SMILES string of the molecule is Cc1c(OCc2cc(Cl)cc3c2OCOC3)ccc2c1O/C(=C\c1cc(Cl)cc3c1OCOC3)C2=O. The Kier molecular flexibility index (Phi) is 6.01. The molecular weight excluding hydrogens is 507 g/mol. The molecule has 36 heavy (non-hydrogen) atoms. The molecule has 9 heteroatoms. The number of rotatable bonds is 4. The van der Waals surface area contributed by atoms with Gasteiger partial charge in [-0.2, -0.15) is 0 Å². The first kappa shape index (κ1) is 23.2. The van der Waals surface area contributed by atoms with E-state index < -0.39 is 0 Å². The summed E-state index contributed by atoms with van der Waals surface area (Å²) in [6, 6.07) is 10.6. The molecule has 0 saturated heterocycles. The number of Topliss-reactive ketones (excluding diaryl/α,β-unsaturated/α-hetero) is 1. The molecule has 3 aliphatic heterocycles. The van der Waals surface area contributed by atoms with Crippen molar-refractivity contribution in [2.45, 2.75) is 26.7 Å². The summed E-state index contributed by atoms with van der Waals surface area (Å²) >= 11 is 12.5. The van der Waals surface area contributed by atoms with E-state index in [2.05, 4.69) is 0 Å². The first-order valence-corrected chi connectivity index (χ1v) is 12.0. The van der Waals surface area contributed by atoms with Gasteiger partial charge in [0.15, 0.2) is 19.3 Å². The number of ketones is 1. The molecule has 0 bridgehead atoms. The maximum Gasteiger partial charge on any atom is 0.231 e. The monoisotopic (exact) mass is 526 g/mol. The number of hydrogen-bond donors (Lipinski definition) is 0. The van der Waals surface area contributed by atoms with Crippen molar-refractivity contribution in [2.75, 3.05) is 13.6 Å². The molecule has 0 unspecified atom stereocenters. The third-order valence-electron chi connectivity index (χ3n) is 6.16. The zero-order chi connectivity index (χ0) is 24.8. The van der Waals surface area contributed by atoms with E-state index in [-0.39, 0.29) is 31.7 Å². The quantitative estimate of drug-likeness (QED) is 0.373. The van der Waals surface area contributed by atoms with E-state index in [4.69, 9.17) is 51.6 Å². The third kappa shape index (κ3) is 4.18. The van der Waals surface area contributed by atoms with Crippen molar-refractivity contribution in [1.29, 1.82) is 0 Å². The van der Waals surface area contributed by atoms with E-state index in [0.29, 0.717) is 57.2 Å². The molecule has 0 saturated carbocycles. The van der Waals surface area contributed by atoms with Crippen LogP contribution in [-0.4, -0.2) is 19.4 Å². The summed E-state index contributed by atoms with van der Waals surface area (Å²) in [4.78, 5) is 13.1. The van der Waals surface area contributed by atoms with Crippen molar-refractivity contribution in [3.63, 3.8) is 0 Å². The van der Waals surface area contributed by atoms with Gasteiger partial charge < -0.3 is 28.4 Å². The van der Waals surface area contributed by atoms with Crippen LogP contribution in [0.2, 0.25) is 10.0 Å². The van der Waals surface area contributed by atoms with Crippen molar-refractivity contribution in [3.05, 3.63) is 85.6 Å². The van der Waals surface area contributed by atoms with E-state index in [1.807, 2.05) is 19.1 Å². The molecule has 0 amide bonds. The molecule has 0 atom stereocenters. The number of carbonyl (C=O) groups excluding carboxylic acids is 1. The minimum Gasteiger partial charge on any atom is -0.488 e. The summed E-state index contributed by atoms with van der Waals surface area (Å²) in [7, 11) is 0. The summed E-state index contributed by atoms with van der Waals surface area (Å²) in [5.74, 6) is 2.35. The first-order chi connectivity index (χ1) is 17.5. The highest BCUT2D eigenvalue weighted by Gasteiger charge is 2.31. The van der Waals surface area contributed by atoms with Crippen molar-refractivity contribution in [1.82, 2.24) is 0 Å². The van der Waals surface area contributed by atoms with Crippen LogP contribution in [0.3, 0.4) is 0 Å². The van der Waals surface area contributed by atoms with E-state index in [1.165, 1.54) is 0 Å². The number of hydrogen-bond acceptors (Lipinski definition) is 7. The lowest BCUT2D eigenvalue weighted by Crippen LogP contribution is -2.14. The number of fused-ring (bicyclic) bond motifs is 3. The minimum atomic E-state index is -0.224. The summed E-state index contributed by atoms with van der Waals surface area (Å²) in [5, 5.41) is 1.10. The Hall–Kier alpha value is -3.23. The lowest BCUT2D eigenvalue weighted by atomic mass is 10.0. The van der Waals surface area contributed by atoms with Crippen LogP contribution in [0.4, 0.5) is 0 Å². The third-order valence-corrected chi connectivity index (χ3v) is 6.60. The van der Waals surface area contributed by atoms with Gasteiger partial charge in [0.25, 0.3) is 0 Å². The number of carbonyl (C=O) groups is 1. The molecule has 7 nitrogen and oxygen atoms in total. The maximum atomic E-state index is 13.1. The van der Waals surface area contributed by atoms with Gasteiger partial charge in [-0.15, -0.1) is 0 Å². The van der Waals surface area contributed by atoms with E-state index >= 15 is 0 Å². The second-order valence-corrected chi connectivity index (χ2v) is 9.42. The average molecular weight is 527 g/mol. The second-order valence-electron chi connectivity index (χ2n) is 8.55. The topological polar surface area (TPSA) is 72.5 Å². The predicted octanol–water partition coefficient (Wildman–Crippen LogP) is 6.23. The fraction of sp³-hybridized carbons (Fsp3) is 0.222. The second kappa shape index (κ2) is 9.33. The van der Waals surface area contributed by atoms with Gasteiger partial charge in [-0.25, -0.2) is 0 Å². The van der Waals surface area contributed by atoms with E-state index in [9.17, 15) is 4.79 Å². The van der Waals surface area contributed by atoms with Gasteiger partial charge in [0.2, 0.25) is 5.78 Å². The fourth-order valence-electron chi connectivity index (χ4n) is 4.50. The number of ether oxygens (including phenoxy) is 6. The smallest absolute Gasteiger partial charge is 0.231 e. The zero-order valence-electron chi connectivity index (χ0n) is 19.2. The number of halogens is 2. The van der Waals surface area contributed by atoms with Crippen molar-refractivity contribution in [3.8, 4) is 23.0 Å². The van der Waals surface area contributed by atoms with Gasteiger partial charge in [0.1, 0.15) is 29.6 Å². The number of allylic oxidation sites excluding steroid dienone is 1. The van der Waals surface area contributed by atoms with Crippen LogP contribution in [0.25, 0.3) is 6.08 Å². The largest absolute Gasteiger partial charge is 0.488 e. The summed E-state index contributed by atoms with van der Waals surface area (Å²) in [6.07, 6.45) is 1.65.